The lowest BCUT2D eigenvalue weighted by atomic mass is 10.2. The van der Waals surface area contributed by atoms with Crippen LogP contribution in [-0.4, -0.2) is 37.2 Å². The molecule has 0 aliphatic carbocycles. The number of nitrogens with one attached hydrogen (secondary N) is 1. The van der Waals surface area contributed by atoms with E-state index in [1.807, 2.05) is 25.1 Å². The summed E-state index contributed by atoms with van der Waals surface area (Å²) >= 11 is 1.26. The average molecular weight is 406 g/mol. The van der Waals surface area contributed by atoms with Crippen LogP contribution in [0.3, 0.4) is 0 Å². The highest BCUT2D eigenvalue weighted by atomic mass is 32.1. The molecule has 146 valence electrons. The van der Waals surface area contributed by atoms with Crippen LogP contribution < -0.4 is 10.9 Å². The number of nitrogens with zero attached hydrogens (tertiary/aromatic N) is 5. The van der Waals surface area contributed by atoms with Crippen LogP contribution in [0.4, 0.5) is 0 Å². The Morgan fingerprint density at radius 2 is 1.97 bits per heavy atom. The largest absolute Gasteiger partial charge is 0.349 e. The van der Waals surface area contributed by atoms with E-state index in [1.54, 1.807) is 30.7 Å². The van der Waals surface area contributed by atoms with Gasteiger partial charge < -0.3 is 5.32 Å². The molecule has 0 saturated heterocycles. The van der Waals surface area contributed by atoms with Gasteiger partial charge in [-0.15, -0.1) is 11.3 Å². The summed E-state index contributed by atoms with van der Waals surface area (Å²) in [7, 11) is 0. The molecule has 3 heterocycles. The summed E-state index contributed by atoms with van der Waals surface area (Å²) in [4.78, 5) is 38.6. The van der Waals surface area contributed by atoms with Gasteiger partial charge in [0.25, 0.3) is 11.5 Å². The minimum atomic E-state index is -0.227. The van der Waals surface area contributed by atoms with E-state index in [4.69, 9.17) is 0 Å². The van der Waals surface area contributed by atoms with Gasteiger partial charge in [-0.2, -0.15) is 5.10 Å². The molecule has 0 atom stereocenters. The molecule has 0 aliphatic rings. The van der Waals surface area contributed by atoms with Crippen molar-refractivity contribution in [2.24, 2.45) is 0 Å². The third kappa shape index (κ3) is 3.90. The van der Waals surface area contributed by atoms with Crippen LogP contribution in [0.15, 0.2) is 53.7 Å². The first kappa shape index (κ1) is 18.9. The number of aryl methyl sites for hydroxylation is 1. The summed E-state index contributed by atoms with van der Waals surface area (Å²) in [5.74, 6) is 0.272. The Balaban J connectivity index is 1.47. The standard InChI is InChI=1S/C20H18N6O2S/c1-2-15-16(29-19(25-15)17-21-8-5-9-22-17)18(27)23-10-11-26-20(28)14-7-4-3-6-13(14)12-24-26/h3-9,12H,2,10-11H2,1H3,(H,23,27). The van der Waals surface area contributed by atoms with E-state index in [-0.39, 0.29) is 24.6 Å². The van der Waals surface area contributed by atoms with Crippen LogP contribution in [0, 0.1) is 0 Å². The first-order valence-electron chi connectivity index (χ1n) is 9.17. The molecule has 0 aliphatic heterocycles. The molecule has 8 nitrogen and oxygen atoms in total. The number of aromatic nitrogens is 5. The summed E-state index contributed by atoms with van der Waals surface area (Å²) in [6, 6.07) is 9.03. The molecular formula is C20H18N6O2S. The summed E-state index contributed by atoms with van der Waals surface area (Å²) in [6.07, 6.45) is 5.56. The molecule has 0 bridgehead atoms. The molecule has 1 aromatic carbocycles. The van der Waals surface area contributed by atoms with Gasteiger partial charge in [0.2, 0.25) is 0 Å². The molecule has 0 radical (unpaired) electrons. The van der Waals surface area contributed by atoms with Crippen LogP contribution in [0.1, 0.15) is 22.3 Å². The van der Waals surface area contributed by atoms with Crippen LogP contribution in [0.2, 0.25) is 0 Å². The quantitative estimate of drug-likeness (QED) is 0.527. The van der Waals surface area contributed by atoms with E-state index in [0.717, 1.165) is 5.39 Å². The SMILES string of the molecule is CCc1nc(-c2ncccn2)sc1C(=O)NCCn1ncc2ccccc2c1=O. The lowest BCUT2D eigenvalue weighted by molar-refractivity contribution is 0.0954. The number of hydrogen-bond donors (Lipinski definition) is 1. The van der Waals surface area contributed by atoms with E-state index < -0.39 is 0 Å². The van der Waals surface area contributed by atoms with Gasteiger partial charge in [-0.1, -0.05) is 25.1 Å². The summed E-state index contributed by atoms with van der Waals surface area (Å²) in [6.45, 7) is 2.51. The number of hydrogen-bond acceptors (Lipinski definition) is 7. The van der Waals surface area contributed by atoms with Crippen molar-refractivity contribution >= 4 is 28.0 Å². The first-order chi connectivity index (χ1) is 14.2. The third-order valence-electron chi connectivity index (χ3n) is 4.37. The van der Waals surface area contributed by atoms with Gasteiger partial charge >= 0.3 is 0 Å². The van der Waals surface area contributed by atoms with Crippen molar-refractivity contribution in [1.29, 1.82) is 0 Å². The Kier molecular flexibility index (Phi) is 5.39. The number of carbonyl (C=O) groups excluding carboxylic acids is 1. The molecular weight excluding hydrogens is 388 g/mol. The van der Waals surface area contributed by atoms with Gasteiger partial charge in [0, 0.05) is 24.3 Å². The maximum absolute atomic E-state index is 12.7. The third-order valence-corrected chi connectivity index (χ3v) is 5.46. The zero-order chi connectivity index (χ0) is 20.2. The van der Waals surface area contributed by atoms with E-state index >= 15 is 0 Å². The molecule has 4 aromatic rings. The Hall–Kier alpha value is -3.46. The topological polar surface area (TPSA) is 103 Å². The Bertz CT molecular complexity index is 1220. The average Bonchev–Trinajstić information content (AvgIpc) is 3.21. The summed E-state index contributed by atoms with van der Waals surface area (Å²) < 4.78 is 1.36. The molecule has 9 heteroatoms. The van der Waals surface area contributed by atoms with Crippen molar-refractivity contribution in [1.82, 2.24) is 30.0 Å². The predicted molar refractivity (Wildman–Crippen MR) is 111 cm³/mol. The summed E-state index contributed by atoms with van der Waals surface area (Å²) in [5, 5.41) is 9.05. The second kappa shape index (κ2) is 8.27. The highest BCUT2D eigenvalue weighted by Gasteiger charge is 2.18. The number of benzene rings is 1. The van der Waals surface area contributed by atoms with Gasteiger partial charge in [-0.25, -0.2) is 19.6 Å². The smallest absolute Gasteiger partial charge is 0.274 e. The zero-order valence-electron chi connectivity index (χ0n) is 15.7. The zero-order valence-corrected chi connectivity index (χ0v) is 16.5. The lowest BCUT2D eigenvalue weighted by Crippen LogP contribution is -2.32. The van der Waals surface area contributed by atoms with Crippen molar-refractivity contribution < 1.29 is 4.79 Å². The molecule has 1 N–H and O–H groups in total. The lowest BCUT2D eigenvalue weighted by Gasteiger charge is -2.07. The van der Waals surface area contributed by atoms with E-state index in [2.05, 4.69) is 25.4 Å². The second-order valence-corrected chi connectivity index (χ2v) is 7.24. The van der Waals surface area contributed by atoms with E-state index in [1.165, 1.54) is 16.0 Å². The molecule has 0 spiro atoms. The van der Waals surface area contributed by atoms with Crippen molar-refractivity contribution in [3.05, 3.63) is 69.8 Å². The fourth-order valence-corrected chi connectivity index (χ4v) is 3.94. The maximum atomic E-state index is 12.7. The van der Waals surface area contributed by atoms with Crippen LogP contribution in [0.25, 0.3) is 21.6 Å². The minimum absolute atomic E-state index is 0.173. The number of amides is 1. The Labute approximate surface area is 170 Å². The van der Waals surface area contributed by atoms with Gasteiger partial charge in [0.05, 0.1) is 23.8 Å². The Morgan fingerprint density at radius 1 is 1.17 bits per heavy atom. The van der Waals surface area contributed by atoms with Crippen LogP contribution >= 0.6 is 11.3 Å². The van der Waals surface area contributed by atoms with Gasteiger partial charge in [-0.05, 0) is 18.6 Å². The number of rotatable bonds is 6. The molecule has 1 amide bonds. The summed E-state index contributed by atoms with van der Waals surface area (Å²) in [5.41, 5.74) is 0.531. The van der Waals surface area contributed by atoms with Gasteiger partial charge in [0.15, 0.2) is 10.8 Å². The predicted octanol–water partition coefficient (Wildman–Crippen LogP) is 2.30. The number of fused-ring (bicyclic) bond motifs is 1. The number of thiazole rings is 1. The van der Waals surface area contributed by atoms with Crippen molar-refractivity contribution in [2.45, 2.75) is 19.9 Å². The number of carbonyl (C=O) groups is 1. The van der Waals surface area contributed by atoms with Crippen molar-refractivity contribution in [3.8, 4) is 10.8 Å². The van der Waals surface area contributed by atoms with Gasteiger partial charge in [0.1, 0.15) is 4.88 Å². The normalized spacial score (nSPS) is 10.9. The van der Waals surface area contributed by atoms with Crippen molar-refractivity contribution in [3.63, 3.8) is 0 Å². The fourth-order valence-electron chi connectivity index (χ4n) is 2.92. The first-order valence-corrected chi connectivity index (χ1v) is 9.99. The monoisotopic (exact) mass is 406 g/mol. The minimum Gasteiger partial charge on any atom is -0.349 e. The molecule has 0 unspecified atom stereocenters. The van der Waals surface area contributed by atoms with E-state index in [9.17, 15) is 9.59 Å². The molecule has 29 heavy (non-hydrogen) atoms. The van der Waals surface area contributed by atoms with Gasteiger partial charge in [-0.3, -0.25) is 9.59 Å². The molecule has 3 aromatic heterocycles. The molecule has 0 fully saturated rings. The van der Waals surface area contributed by atoms with E-state index in [0.29, 0.717) is 33.2 Å². The highest BCUT2D eigenvalue weighted by Crippen LogP contribution is 2.25. The molecule has 0 saturated carbocycles. The second-order valence-electron chi connectivity index (χ2n) is 6.24. The highest BCUT2D eigenvalue weighted by molar-refractivity contribution is 7.17. The molecule has 4 rings (SSSR count). The van der Waals surface area contributed by atoms with Crippen LogP contribution in [0.5, 0.6) is 0 Å². The van der Waals surface area contributed by atoms with Crippen molar-refractivity contribution in [2.75, 3.05) is 6.54 Å². The fraction of sp³-hybridized carbons (Fsp3) is 0.200. The maximum Gasteiger partial charge on any atom is 0.274 e. The Morgan fingerprint density at radius 3 is 2.76 bits per heavy atom. The van der Waals surface area contributed by atoms with Crippen LogP contribution in [-0.2, 0) is 13.0 Å².